The highest BCUT2D eigenvalue weighted by molar-refractivity contribution is 6.00. The number of para-hydroxylation sites is 3. The number of nitrogens with one attached hydrogen (secondary N) is 1. The molecule has 3 aromatic rings. The Labute approximate surface area is 147 Å². The average molecular weight is 331 g/mol. The van der Waals surface area contributed by atoms with Crippen molar-refractivity contribution in [2.24, 2.45) is 0 Å². The van der Waals surface area contributed by atoms with E-state index in [9.17, 15) is 4.79 Å². The second-order valence-corrected chi connectivity index (χ2v) is 6.99. The van der Waals surface area contributed by atoms with E-state index in [2.05, 4.69) is 34.1 Å². The lowest BCUT2D eigenvalue weighted by molar-refractivity contribution is -0.118. The molecule has 2 heterocycles. The average Bonchev–Trinajstić information content (AvgIpc) is 3.42. The molecule has 0 atom stereocenters. The van der Waals surface area contributed by atoms with Gasteiger partial charge in [-0.15, -0.1) is 0 Å². The Morgan fingerprint density at radius 2 is 1.76 bits per heavy atom. The van der Waals surface area contributed by atoms with E-state index in [-0.39, 0.29) is 5.91 Å². The van der Waals surface area contributed by atoms with Gasteiger partial charge in [-0.05, 0) is 36.6 Å². The predicted octanol–water partition coefficient (Wildman–Crippen LogP) is 3.73. The molecule has 1 aliphatic heterocycles. The maximum absolute atomic E-state index is 13.1. The molecule has 5 rings (SSSR count). The van der Waals surface area contributed by atoms with Gasteiger partial charge in [0.05, 0.1) is 17.8 Å². The Morgan fingerprint density at radius 1 is 1.00 bits per heavy atom. The lowest BCUT2D eigenvalue weighted by Crippen LogP contribution is -2.45. The third-order valence-electron chi connectivity index (χ3n) is 5.35. The monoisotopic (exact) mass is 331 g/mol. The molecule has 1 aliphatic carbocycles. The minimum atomic E-state index is 0.174. The number of anilines is 2. The molecule has 0 unspecified atom stereocenters. The van der Waals surface area contributed by atoms with Gasteiger partial charge in [0, 0.05) is 36.2 Å². The van der Waals surface area contributed by atoms with E-state index in [0.29, 0.717) is 12.5 Å². The van der Waals surface area contributed by atoms with Crippen molar-refractivity contribution in [3.05, 3.63) is 60.3 Å². The van der Waals surface area contributed by atoms with Gasteiger partial charge in [-0.2, -0.15) is 0 Å². The Balaban J connectivity index is 1.44. The van der Waals surface area contributed by atoms with Crippen LogP contribution >= 0.6 is 0 Å². The van der Waals surface area contributed by atoms with Gasteiger partial charge in [0.1, 0.15) is 0 Å². The van der Waals surface area contributed by atoms with Crippen LogP contribution in [-0.2, 0) is 11.2 Å². The summed E-state index contributed by atoms with van der Waals surface area (Å²) >= 11 is 0. The fourth-order valence-corrected chi connectivity index (χ4v) is 3.94. The van der Waals surface area contributed by atoms with Crippen molar-refractivity contribution in [3.63, 3.8) is 0 Å². The van der Waals surface area contributed by atoms with Crippen molar-refractivity contribution < 1.29 is 4.79 Å². The molecule has 1 amide bonds. The number of aromatic amines is 1. The largest absolute Gasteiger partial charge is 0.365 e. The summed E-state index contributed by atoms with van der Waals surface area (Å²) in [5, 5.41) is 1.14. The third kappa shape index (κ3) is 2.49. The Bertz CT molecular complexity index is 941. The number of nitrogens with zero attached hydrogens (tertiary/aromatic N) is 2. The number of benzene rings is 2. The summed E-state index contributed by atoms with van der Waals surface area (Å²) in [6.45, 7) is 1.70. The first kappa shape index (κ1) is 14.6. The number of rotatable bonds is 3. The van der Waals surface area contributed by atoms with Crippen LogP contribution in [-0.4, -0.2) is 30.0 Å². The zero-order valence-corrected chi connectivity index (χ0v) is 14.1. The van der Waals surface area contributed by atoms with Crippen molar-refractivity contribution in [1.82, 2.24) is 4.98 Å². The molecular formula is C21H21N3O. The molecule has 0 radical (unpaired) electrons. The van der Waals surface area contributed by atoms with Gasteiger partial charge in [0.2, 0.25) is 5.91 Å². The highest BCUT2D eigenvalue weighted by atomic mass is 16.2. The Kier molecular flexibility index (Phi) is 3.30. The second kappa shape index (κ2) is 5.66. The molecule has 1 N–H and O–H groups in total. The van der Waals surface area contributed by atoms with Crippen LogP contribution in [0.2, 0.25) is 0 Å². The summed E-state index contributed by atoms with van der Waals surface area (Å²) in [6, 6.07) is 17.2. The molecule has 1 aromatic heterocycles. The number of carbonyl (C=O) groups excluding carboxylic acids is 1. The van der Waals surface area contributed by atoms with Gasteiger partial charge in [-0.25, -0.2) is 0 Å². The minimum absolute atomic E-state index is 0.174. The standard InChI is InChI=1S/C21H21N3O/c25-21(13-15-14-22-18-6-2-1-5-17(15)18)24-12-11-23(16-9-10-16)19-7-3-4-8-20(19)24/h1-8,14,16,22H,9-13H2. The van der Waals surface area contributed by atoms with E-state index in [1.54, 1.807) is 0 Å². The number of fused-ring (bicyclic) bond motifs is 2. The summed E-state index contributed by atoms with van der Waals surface area (Å²) in [7, 11) is 0. The topological polar surface area (TPSA) is 39.3 Å². The molecule has 1 saturated carbocycles. The number of H-pyrrole nitrogens is 1. The van der Waals surface area contributed by atoms with E-state index in [0.717, 1.165) is 35.2 Å². The van der Waals surface area contributed by atoms with Crippen molar-refractivity contribution in [1.29, 1.82) is 0 Å². The van der Waals surface area contributed by atoms with Crippen LogP contribution in [0.3, 0.4) is 0 Å². The maximum Gasteiger partial charge on any atom is 0.231 e. The van der Waals surface area contributed by atoms with Crippen LogP contribution in [0.4, 0.5) is 11.4 Å². The first-order valence-corrected chi connectivity index (χ1v) is 9.02. The molecular weight excluding hydrogens is 310 g/mol. The number of carbonyl (C=O) groups is 1. The predicted molar refractivity (Wildman–Crippen MR) is 101 cm³/mol. The second-order valence-electron chi connectivity index (χ2n) is 6.99. The van der Waals surface area contributed by atoms with E-state index in [1.807, 2.05) is 35.4 Å². The molecule has 2 aliphatic rings. The summed E-state index contributed by atoms with van der Waals surface area (Å²) < 4.78 is 0. The van der Waals surface area contributed by atoms with E-state index < -0.39 is 0 Å². The SMILES string of the molecule is O=C(Cc1c[nH]c2ccccc12)N1CCN(C2CC2)c2ccccc21. The van der Waals surface area contributed by atoms with Gasteiger partial charge in [0.15, 0.2) is 0 Å². The summed E-state index contributed by atoms with van der Waals surface area (Å²) in [4.78, 5) is 20.8. The lowest BCUT2D eigenvalue weighted by Gasteiger charge is -2.38. The Morgan fingerprint density at radius 3 is 2.60 bits per heavy atom. The molecule has 0 saturated heterocycles. The highest BCUT2D eigenvalue weighted by Crippen LogP contribution is 2.40. The molecule has 4 nitrogen and oxygen atoms in total. The third-order valence-corrected chi connectivity index (χ3v) is 5.35. The first-order chi connectivity index (χ1) is 12.3. The van der Waals surface area contributed by atoms with Gasteiger partial charge in [-0.3, -0.25) is 4.79 Å². The van der Waals surface area contributed by atoms with Crippen LogP contribution in [0.25, 0.3) is 10.9 Å². The van der Waals surface area contributed by atoms with Crippen molar-refractivity contribution in [3.8, 4) is 0 Å². The van der Waals surface area contributed by atoms with Crippen LogP contribution in [0.5, 0.6) is 0 Å². The molecule has 25 heavy (non-hydrogen) atoms. The summed E-state index contributed by atoms with van der Waals surface area (Å²) in [6.07, 6.45) is 4.95. The Hall–Kier alpha value is -2.75. The van der Waals surface area contributed by atoms with E-state index in [1.165, 1.54) is 18.5 Å². The highest BCUT2D eigenvalue weighted by Gasteiger charge is 2.35. The van der Waals surface area contributed by atoms with Crippen molar-refractivity contribution in [2.45, 2.75) is 25.3 Å². The first-order valence-electron chi connectivity index (χ1n) is 9.02. The van der Waals surface area contributed by atoms with Gasteiger partial charge < -0.3 is 14.8 Å². The molecule has 0 spiro atoms. The van der Waals surface area contributed by atoms with Gasteiger partial charge in [0.25, 0.3) is 0 Å². The van der Waals surface area contributed by atoms with E-state index >= 15 is 0 Å². The van der Waals surface area contributed by atoms with Gasteiger partial charge in [-0.1, -0.05) is 30.3 Å². The van der Waals surface area contributed by atoms with Crippen LogP contribution in [0.1, 0.15) is 18.4 Å². The quantitative estimate of drug-likeness (QED) is 0.794. The number of aromatic nitrogens is 1. The molecule has 2 aromatic carbocycles. The van der Waals surface area contributed by atoms with Crippen LogP contribution in [0.15, 0.2) is 54.7 Å². The maximum atomic E-state index is 13.1. The van der Waals surface area contributed by atoms with Crippen molar-refractivity contribution >= 4 is 28.2 Å². The number of amides is 1. The fourth-order valence-electron chi connectivity index (χ4n) is 3.94. The zero-order chi connectivity index (χ0) is 16.8. The molecule has 4 heteroatoms. The van der Waals surface area contributed by atoms with E-state index in [4.69, 9.17) is 0 Å². The zero-order valence-electron chi connectivity index (χ0n) is 14.1. The molecule has 1 fully saturated rings. The van der Waals surface area contributed by atoms with Gasteiger partial charge >= 0.3 is 0 Å². The lowest BCUT2D eigenvalue weighted by atomic mass is 10.1. The minimum Gasteiger partial charge on any atom is -0.365 e. The smallest absolute Gasteiger partial charge is 0.231 e. The summed E-state index contributed by atoms with van der Waals surface area (Å²) in [5.74, 6) is 0.174. The fraction of sp³-hybridized carbons (Fsp3) is 0.286. The van der Waals surface area contributed by atoms with Crippen molar-refractivity contribution in [2.75, 3.05) is 22.9 Å². The normalized spacial score (nSPS) is 17.0. The summed E-state index contributed by atoms with van der Waals surface area (Å²) in [5.41, 5.74) is 4.43. The van der Waals surface area contributed by atoms with Crippen LogP contribution < -0.4 is 9.80 Å². The molecule has 0 bridgehead atoms. The molecule has 126 valence electrons. The number of hydrogen-bond acceptors (Lipinski definition) is 2. The number of hydrogen-bond donors (Lipinski definition) is 1. The van der Waals surface area contributed by atoms with Crippen LogP contribution in [0, 0.1) is 0 Å².